The Morgan fingerprint density at radius 3 is 2.56 bits per heavy atom. The molecule has 2 rings (SSSR count). The minimum Gasteiger partial charge on any atom is -0.267 e. The summed E-state index contributed by atoms with van der Waals surface area (Å²) in [5.74, 6) is 0. The van der Waals surface area contributed by atoms with Crippen LogP contribution in [0.4, 0.5) is 0 Å². The fourth-order valence-electron chi connectivity index (χ4n) is 1.44. The van der Waals surface area contributed by atoms with E-state index in [1.54, 1.807) is 0 Å². The van der Waals surface area contributed by atoms with Crippen LogP contribution in [0.1, 0.15) is 5.56 Å². The van der Waals surface area contributed by atoms with Crippen LogP contribution in [0.3, 0.4) is 0 Å². The van der Waals surface area contributed by atoms with E-state index in [4.69, 9.17) is 0 Å². The molecule has 0 aliphatic rings. The number of benzene rings is 1. The molecule has 0 fully saturated rings. The first-order valence-corrected chi connectivity index (χ1v) is 4.85. The Labute approximate surface area is 91.6 Å². The average Bonchev–Trinajstić information content (AvgIpc) is 2.31. The van der Waals surface area contributed by atoms with E-state index in [9.17, 15) is 9.59 Å². The number of hydrogen-bond donors (Lipinski definition) is 0. The molecular weight excluding hydrogens is 206 g/mol. The lowest BCUT2D eigenvalue weighted by molar-refractivity contribution is 0.574. The van der Waals surface area contributed by atoms with Crippen molar-refractivity contribution >= 4 is 0 Å². The third-order valence-electron chi connectivity index (χ3n) is 2.30. The number of nitrogens with zero attached hydrogens (tertiary/aromatic N) is 3. The third kappa shape index (κ3) is 1.93. The number of aromatic nitrogens is 3. The van der Waals surface area contributed by atoms with Crippen molar-refractivity contribution in [1.29, 1.82) is 0 Å². The molecule has 1 aromatic heterocycles. The molecule has 0 spiro atoms. The second-order valence-corrected chi connectivity index (χ2v) is 3.46. The Hall–Kier alpha value is -2.17. The molecule has 0 saturated heterocycles. The van der Waals surface area contributed by atoms with Crippen LogP contribution >= 0.6 is 0 Å². The standard InChI is InChI=1S/C11H11N3O2/c1-13-11(16)14(10(15)7-12-13)8-9-5-3-2-4-6-9/h2-7H,8H2,1H3. The molecule has 0 unspecified atom stereocenters. The predicted octanol–water partition coefficient (Wildman–Crippen LogP) is -0.00970. The Morgan fingerprint density at radius 1 is 1.19 bits per heavy atom. The summed E-state index contributed by atoms with van der Waals surface area (Å²) in [5, 5.41) is 3.65. The molecule has 0 atom stereocenters. The van der Waals surface area contributed by atoms with Gasteiger partial charge >= 0.3 is 5.69 Å². The van der Waals surface area contributed by atoms with Crippen molar-refractivity contribution in [3.05, 3.63) is 62.9 Å². The maximum absolute atomic E-state index is 11.7. The lowest BCUT2D eigenvalue weighted by Gasteiger charge is -2.05. The largest absolute Gasteiger partial charge is 0.347 e. The molecule has 2 aromatic rings. The van der Waals surface area contributed by atoms with Gasteiger partial charge in [-0.2, -0.15) is 5.10 Å². The van der Waals surface area contributed by atoms with E-state index in [-0.39, 0.29) is 12.1 Å². The Balaban J connectivity index is 2.47. The first-order valence-electron chi connectivity index (χ1n) is 4.85. The molecule has 0 saturated carbocycles. The minimum absolute atomic E-state index is 0.273. The highest BCUT2D eigenvalue weighted by Gasteiger charge is 2.03. The van der Waals surface area contributed by atoms with Crippen LogP contribution in [0.15, 0.2) is 46.1 Å². The molecule has 0 aliphatic heterocycles. The van der Waals surface area contributed by atoms with Crippen LogP contribution in [-0.4, -0.2) is 14.3 Å². The van der Waals surface area contributed by atoms with Crippen LogP contribution in [-0.2, 0) is 13.6 Å². The zero-order valence-corrected chi connectivity index (χ0v) is 8.83. The zero-order valence-electron chi connectivity index (χ0n) is 8.83. The maximum atomic E-state index is 11.7. The van der Waals surface area contributed by atoms with Crippen LogP contribution in [0, 0.1) is 0 Å². The smallest absolute Gasteiger partial charge is 0.267 e. The van der Waals surface area contributed by atoms with Crippen molar-refractivity contribution in [3.63, 3.8) is 0 Å². The molecule has 0 radical (unpaired) electrons. The fraction of sp³-hybridized carbons (Fsp3) is 0.182. The lowest BCUT2D eigenvalue weighted by Crippen LogP contribution is -2.39. The molecule has 0 amide bonds. The van der Waals surface area contributed by atoms with E-state index < -0.39 is 5.69 Å². The van der Waals surface area contributed by atoms with Crippen LogP contribution in [0.25, 0.3) is 0 Å². The Morgan fingerprint density at radius 2 is 1.88 bits per heavy atom. The summed E-state index contributed by atoms with van der Waals surface area (Å²) < 4.78 is 2.30. The van der Waals surface area contributed by atoms with Gasteiger partial charge in [-0.15, -0.1) is 0 Å². The van der Waals surface area contributed by atoms with Crippen molar-refractivity contribution in [2.45, 2.75) is 6.54 Å². The van der Waals surface area contributed by atoms with Crippen molar-refractivity contribution in [3.8, 4) is 0 Å². The summed E-state index contributed by atoms with van der Waals surface area (Å²) in [6, 6.07) is 9.35. The van der Waals surface area contributed by atoms with Gasteiger partial charge in [-0.05, 0) is 5.56 Å². The van der Waals surface area contributed by atoms with Gasteiger partial charge < -0.3 is 0 Å². The molecule has 0 bridgehead atoms. The van der Waals surface area contributed by atoms with E-state index >= 15 is 0 Å². The summed E-state index contributed by atoms with van der Waals surface area (Å²) >= 11 is 0. The van der Waals surface area contributed by atoms with Gasteiger partial charge in [0.15, 0.2) is 0 Å². The fourth-order valence-corrected chi connectivity index (χ4v) is 1.44. The Bertz CT molecular complexity index is 599. The van der Waals surface area contributed by atoms with Gasteiger partial charge in [0.05, 0.1) is 6.54 Å². The van der Waals surface area contributed by atoms with Gasteiger partial charge in [0.25, 0.3) is 5.56 Å². The van der Waals surface area contributed by atoms with Gasteiger partial charge in [-0.25, -0.2) is 9.48 Å². The summed E-state index contributed by atoms with van der Waals surface area (Å²) in [4.78, 5) is 23.1. The quantitative estimate of drug-likeness (QED) is 0.711. The van der Waals surface area contributed by atoms with Crippen molar-refractivity contribution in [2.75, 3.05) is 0 Å². The summed E-state index contributed by atoms with van der Waals surface area (Å²) in [6.45, 7) is 0.273. The highest BCUT2D eigenvalue weighted by atomic mass is 16.2. The van der Waals surface area contributed by atoms with E-state index in [1.807, 2.05) is 30.3 Å². The van der Waals surface area contributed by atoms with Gasteiger partial charge in [-0.3, -0.25) is 9.36 Å². The summed E-state index contributed by atoms with van der Waals surface area (Å²) in [7, 11) is 1.52. The molecular formula is C11H11N3O2. The Kier molecular flexibility index (Phi) is 2.68. The maximum Gasteiger partial charge on any atom is 0.347 e. The molecule has 5 heteroatoms. The molecule has 1 heterocycles. The van der Waals surface area contributed by atoms with Gasteiger partial charge in [0.1, 0.15) is 6.20 Å². The first kappa shape index (κ1) is 10.4. The molecule has 1 aromatic carbocycles. The molecule has 5 nitrogen and oxygen atoms in total. The number of aryl methyl sites for hydroxylation is 1. The van der Waals surface area contributed by atoms with E-state index in [2.05, 4.69) is 5.10 Å². The number of hydrogen-bond acceptors (Lipinski definition) is 3. The van der Waals surface area contributed by atoms with Gasteiger partial charge in [0, 0.05) is 7.05 Å². The van der Waals surface area contributed by atoms with Crippen molar-refractivity contribution in [2.24, 2.45) is 7.05 Å². The van der Waals surface area contributed by atoms with E-state index in [0.717, 1.165) is 21.0 Å². The highest BCUT2D eigenvalue weighted by molar-refractivity contribution is 5.14. The summed E-state index contributed by atoms with van der Waals surface area (Å²) in [5.41, 5.74) is 0.121. The first-order chi connectivity index (χ1) is 7.68. The third-order valence-corrected chi connectivity index (χ3v) is 2.30. The molecule has 82 valence electrons. The average molecular weight is 217 g/mol. The van der Waals surface area contributed by atoms with E-state index in [1.165, 1.54) is 7.05 Å². The van der Waals surface area contributed by atoms with Crippen LogP contribution < -0.4 is 11.2 Å². The van der Waals surface area contributed by atoms with E-state index in [0.29, 0.717) is 0 Å². The number of rotatable bonds is 2. The lowest BCUT2D eigenvalue weighted by atomic mass is 10.2. The minimum atomic E-state index is -0.406. The highest BCUT2D eigenvalue weighted by Crippen LogP contribution is 1.98. The van der Waals surface area contributed by atoms with Gasteiger partial charge in [0.2, 0.25) is 0 Å². The van der Waals surface area contributed by atoms with Crippen LogP contribution in [0.5, 0.6) is 0 Å². The van der Waals surface area contributed by atoms with Crippen LogP contribution in [0.2, 0.25) is 0 Å². The molecule has 16 heavy (non-hydrogen) atoms. The van der Waals surface area contributed by atoms with Crippen molar-refractivity contribution in [1.82, 2.24) is 14.3 Å². The summed E-state index contributed by atoms with van der Waals surface area (Å²) in [6.07, 6.45) is 1.14. The van der Waals surface area contributed by atoms with Gasteiger partial charge in [-0.1, -0.05) is 30.3 Å². The zero-order chi connectivity index (χ0) is 11.5. The predicted molar refractivity (Wildman–Crippen MR) is 59.3 cm³/mol. The SMILES string of the molecule is Cn1ncc(=O)n(Cc2ccccc2)c1=O. The van der Waals surface area contributed by atoms with Crippen molar-refractivity contribution < 1.29 is 0 Å². The topological polar surface area (TPSA) is 56.9 Å². The second kappa shape index (κ2) is 4.14. The normalized spacial score (nSPS) is 10.3. The second-order valence-electron chi connectivity index (χ2n) is 3.46. The molecule has 0 N–H and O–H groups in total. The molecule has 0 aliphatic carbocycles. The monoisotopic (exact) mass is 217 g/mol.